The van der Waals surface area contributed by atoms with Crippen molar-refractivity contribution in [2.75, 3.05) is 12.9 Å². The lowest BCUT2D eigenvalue weighted by molar-refractivity contribution is -0.134. The summed E-state index contributed by atoms with van der Waals surface area (Å²) in [6, 6.07) is 3.02. The molecule has 0 spiro atoms. The quantitative estimate of drug-likeness (QED) is 0.876. The highest BCUT2D eigenvalue weighted by Gasteiger charge is 2.22. The fourth-order valence-electron chi connectivity index (χ4n) is 1.56. The number of methoxy groups -OCH3 is 1. The van der Waals surface area contributed by atoms with Gasteiger partial charge in [-0.15, -0.1) is 0 Å². The van der Waals surface area contributed by atoms with Crippen molar-refractivity contribution in [3.05, 3.63) is 23.3 Å². The van der Waals surface area contributed by atoms with E-state index in [4.69, 9.17) is 9.84 Å². The average Bonchev–Trinajstić information content (AvgIpc) is 2.18. The van der Waals surface area contributed by atoms with E-state index in [1.807, 2.05) is 0 Å². The van der Waals surface area contributed by atoms with E-state index in [0.717, 1.165) is 0 Å². The number of carboxylic acid groups (broad SMARTS) is 1. The molecule has 17 heavy (non-hydrogen) atoms. The first kappa shape index (κ1) is 13.5. The van der Waals surface area contributed by atoms with Crippen molar-refractivity contribution in [2.45, 2.75) is 18.7 Å². The van der Waals surface area contributed by atoms with Gasteiger partial charge in [0, 0.05) is 0 Å². The summed E-state index contributed by atoms with van der Waals surface area (Å²) in [5.41, 5.74) is 1.13. The summed E-state index contributed by atoms with van der Waals surface area (Å²) in [6.45, 7) is 3.31. The maximum atomic E-state index is 11.8. The van der Waals surface area contributed by atoms with E-state index in [9.17, 15) is 13.2 Å². The molecule has 0 aliphatic heterocycles. The molecule has 0 amide bonds. The second-order valence-electron chi connectivity index (χ2n) is 3.74. The van der Waals surface area contributed by atoms with E-state index in [1.165, 1.54) is 13.2 Å². The molecular formula is C11H14O5S. The van der Waals surface area contributed by atoms with E-state index in [0.29, 0.717) is 16.9 Å². The van der Waals surface area contributed by atoms with Gasteiger partial charge in [0.2, 0.25) is 0 Å². The maximum Gasteiger partial charge on any atom is 0.319 e. The van der Waals surface area contributed by atoms with Crippen LogP contribution >= 0.6 is 0 Å². The smallest absolute Gasteiger partial charge is 0.319 e. The van der Waals surface area contributed by atoms with E-state index in [1.54, 1.807) is 19.9 Å². The van der Waals surface area contributed by atoms with Crippen molar-refractivity contribution >= 4 is 15.8 Å². The van der Waals surface area contributed by atoms with Gasteiger partial charge in [-0.1, -0.05) is 0 Å². The topological polar surface area (TPSA) is 80.7 Å². The molecule has 0 heterocycles. The second-order valence-corrected chi connectivity index (χ2v) is 5.70. The third-order valence-corrected chi connectivity index (χ3v) is 4.08. The Morgan fingerprint density at radius 2 is 1.88 bits per heavy atom. The first-order valence-electron chi connectivity index (χ1n) is 4.87. The van der Waals surface area contributed by atoms with Gasteiger partial charge >= 0.3 is 5.97 Å². The number of rotatable bonds is 4. The molecule has 0 atom stereocenters. The minimum absolute atomic E-state index is 0.0400. The molecule has 94 valence electrons. The minimum atomic E-state index is -3.79. The Morgan fingerprint density at radius 1 is 1.29 bits per heavy atom. The zero-order chi connectivity index (χ0) is 13.2. The van der Waals surface area contributed by atoms with Crippen LogP contribution in [-0.2, 0) is 14.6 Å². The van der Waals surface area contributed by atoms with Crippen LogP contribution in [0.3, 0.4) is 0 Å². The molecule has 0 aromatic heterocycles. The Hall–Kier alpha value is -1.56. The predicted octanol–water partition coefficient (Wildman–Crippen LogP) is 1.17. The fourth-order valence-corrected chi connectivity index (χ4v) is 2.94. The summed E-state index contributed by atoms with van der Waals surface area (Å²) in [7, 11) is -2.30. The fraction of sp³-hybridized carbons (Fsp3) is 0.364. The van der Waals surface area contributed by atoms with Gasteiger partial charge in [-0.3, -0.25) is 4.79 Å². The minimum Gasteiger partial charge on any atom is -0.496 e. The Balaban J connectivity index is 3.33. The van der Waals surface area contributed by atoms with Crippen LogP contribution in [0.15, 0.2) is 17.0 Å². The third kappa shape index (κ3) is 2.97. The van der Waals surface area contributed by atoms with Crippen molar-refractivity contribution in [3.63, 3.8) is 0 Å². The van der Waals surface area contributed by atoms with Crippen LogP contribution in [0.5, 0.6) is 5.75 Å². The molecule has 0 saturated carbocycles. The molecule has 5 nitrogen and oxygen atoms in total. The molecule has 0 fully saturated rings. The van der Waals surface area contributed by atoms with Crippen LogP contribution in [0.25, 0.3) is 0 Å². The van der Waals surface area contributed by atoms with Gasteiger partial charge in [0.05, 0.1) is 12.0 Å². The number of sulfone groups is 1. The average molecular weight is 258 g/mol. The lowest BCUT2D eigenvalue weighted by atomic mass is 10.1. The highest BCUT2D eigenvalue weighted by molar-refractivity contribution is 7.92. The van der Waals surface area contributed by atoms with Crippen LogP contribution in [-0.4, -0.2) is 32.4 Å². The number of hydrogen-bond donors (Lipinski definition) is 1. The first-order valence-corrected chi connectivity index (χ1v) is 6.53. The lowest BCUT2D eigenvalue weighted by Gasteiger charge is -2.10. The summed E-state index contributed by atoms with van der Waals surface area (Å²) >= 11 is 0. The van der Waals surface area contributed by atoms with Crippen LogP contribution in [0.2, 0.25) is 0 Å². The number of aliphatic carboxylic acids is 1. The summed E-state index contributed by atoms with van der Waals surface area (Å²) in [6.07, 6.45) is 0. The van der Waals surface area contributed by atoms with E-state index in [2.05, 4.69) is 0 Å². The van der Waals surface area contributed by atoms with Crippen LogP contribution in [0.1, 0.15) is 11.1 Å². The van der Waals surface area contributed by atoms with E-state index in [-0.39, 0.29) is 4.90 Å². The van der Waals surface area contributed by atoms with Gasteiger partial charge < -0.3 is 9.84 Å². The largest absolute Gasteiger partial charge is 0.496 e. The van der Waals surface area contributed by atoms with Crippen LogP contribution in [0.4, 0.5) is 0 Å². The lowest BCUT2D eigenvalue weighted by Crippen LogP contribution is -2.16. The Bertz CT molecular complexity index is 545. The van der Waals surface area contributed by atoms with Gasteiger partial charge in [-0.2, -0.15) is 0 Å². The SMILES string of the molecule is COc1cc(C)c(S(=O)(=O)CC(=O)O)cc1C. The Labute approximate surface area is 100.0 Å². The molecular weight excluding hydrogens is 244 g/mol. The van der Waals surface area contributed by atoms with E-state index >= 15 is 0 Å². The van der Waals surface area contributed by atoms with Gasteiger partial charge in [0.1, 0.15) is 5.75 Å². The monoisotopic (exact) mass is 258 g/mol. The van der Waals surface area contributed by atoms with Crippen LogP contribution < -0.4 is 4.74 Å². The molecule has 1 aromatic carbocycles. The summed E-state index contributed by atoms with van der Waals surface area (Å²) in [5.74, 6) is -1.69. The molecule has 0 saturated heterocycles. The van der Waals surface area contributed by atoms with Crippen molar-refractivity contribution in [1.82, 2.24) is 0 Å². The van der Waals surface area contributed by atoms with Crippen molar-refractivity contribution < 1.29 is 23.1 Å². The Morgan fingerprint density at radius 3 is 2.35 bits per heavy atom. The third-order valence-electron chi connectivity index (χ3n) is 2.34. The molecule has 0 aliphatic rings. The molecule has 6 heteroatoms. The highest BCUT2D eigenvalue weighted by Crippen LogP contribution is 2.26. The highest BCUT2D eigenvalue weighted by atomic mass is 32.2. The zero-order valence-corrected chi connectivity index (χ0v) is 10.7. The van der Waals surface area contributed by atoms with Gasteiger partial charge in [0.15, 0.2) is 15.6 Å². The summed E-state index contributed by atoms with van der Waals surface area (Å²) in [5, 5.41) is 8.57. The van der Waals surface area contributed by atoms with Gasteiger partial charge in [-0.05, 0) is 37.1 Å². The number of carbonyl (C=O) groups is 1. The molecule has 0 aliphatic carbocycles. The standard InChI is InChI=1S/C11H14O5S/c1-7-5-10(8(2)4-9(7)16-3)17(14,15)6-11(12)13/h4-5H,6H2,1-3H3,(H,12,13). The van der Waals surface area contributed by atoms with Crippen molar-refractivity contribution in [1.29, 1.82) is 0 Å². The molecule has 0 unspecified atom stereocenters. The van der Waals surface area contributed by atoms with Crippen LogP contribution in [0, 0.1) is 13.8 Å². The first-order chi connectivity index (χ1) is 7.77. The predicted molar refractivity (Wildman–Crippen MR) is 62.2 cm³/mol. The van der Waals surface area contributed by atoms with Crippen molar-refractivity contribution in [3.8, 4) is 5.75 Å². The number of hydrogen-bond acceptors (Lipinski definition) is 4. The summed E-state index contributed by atoms with van der Waals surface area (Å²) < 4.78 is 28.7. The van der Waals surface area contributed by atoms with Gasteiger partial charge in [-0.25, -0.2) is 8.42 Å². The van der Waals surface area contributed by atoms with E-state index < -0.39 is 21.6 Å². The maximum absolute atomic E-state index is 11.8. The number of ether oxygens (including phenoxy) is 1. The Kier molecular flexibility index (Phi) is 3.77. The molecule has 1 aromatic rings. The molecule has 1 rings (SSSR count). The molecule has 0 bridgehead atoms. The number of benzene rings is 1. The van der Waals surface area contributed by atoms with Gasteiger partial charge in [0.25, 0.3) is 0 Å². The van der Waals surface area contributed by atoms with Crippen molar-refractivity contribution in [2.24, 2.45) is 0 Å². The zero-order valence-electron chi connectivity index (χ0n) is 9.85. The molecule has 0 radical (unpaired) electrons. The normalized spacial score (nSPS) is 11.2. The number of carboxylic acids is 1. The number of aryl methyl sites for hydroxylation is 2. The molecule has 1 N–H and O–H groups in total. The summed E-state index contributed by atoms with van der Waals surface area (Å²) in [4.78, 5) is 10.5. The second kappa shape index (κ2) is 4.75.